The number of carbonyl (C=O) groups is 1. The van der Waals surface area contributed by atoms with Crippen LogP contribution >= 0.6 is 0 Å². The van der Waals surface area contributed by atoms with Crippen molar-refractivity contribution in [3.8, 4) is 22.9 Å². The predicted octanol–water partition coefficient (Wildman–Crippen LogP) is 1.81. The van der Waals surface area contributed by atoms with Gasteiger partial charge >= 0.3 is 5.97 Å². The van der Waals surface area contributed by atoms with E-state index in [9.17, 15) is 14.7 Å². The average Bonchev–Trinajstić information content (AvgIpc) is 3.34. The highest BCUT2D eigenvalue weighted by molar-refractivity contribution is 5.92. The van der Waals surface area contributed by atoms with Crippen molar-refractivity contribution in [3.05, 3.63) is 51.3 Å². The van der Waals surface area contributed by atoms with Gasteiger partial charge in [-0.05, 0) is 30.7 Å². The maximum Gasteiger partial charge on any atom is 0.343 e. The SMILES string of the molecule is CC[C@@]1(O)C(=O)OCc2c1cc1n(c2=O)Cc2cc3c4c(ccc3nc2-1)OCO4. The molecular weight excluding hydrogens is 376 g/mol. The Balaban J connectivity index is 1.62. The highest BCUT2D eigenvalue weighted by atomic mass is 16.7. The molecule has 1 atom stereocenters. The second-order valence-electron chi connectivity index (χ2n) is 7.47. The standard InChI is InChI=1S/C21H16N2O6/c1-2-21(26)13-6-15-17-10(7-23(15)19(24)12(13)8-27-20(21)25)5-11-14(22-17)3-4-16-18(11)29-9-28-16/h3-6,26H,2,7-9H2,1H3/t21-/m0/s1. The maximum absolute atomic E-state index is 13.2. The number of ether oxygens (including phenoxy) is 3. The third-order valence-corrected chi connectivity index (χ3v) is 6.02. The number of fused-ring (bicyclic) bond motifs is 7. The van der Waals surface area contributed by atoms with Crippen LogP contribution in [0.1, 0.15) is 30.0 Å². The van der Waals surface area contributed by atoms with Crippen molar-refractivity contribution in [1.29, 1.82) is 0 Å². The summed E-state index contributed by atoms with van der Waals surface area (Å²) >= 11 is 0. The van der Waals surface area contributed by atoms with Crippen LogP contribution in [0.3, 0.4) is 0 Å². The van der Waals surface area contributed by atoms with Crippen LogP contribution in [0.4, 0.5) is 0 Å². The van der Waals surface area contributed by atoms with Crippen LogP contribution in [0, 0.1) is 0 Å². The fourth-order valence-electron chi connectivity index (χ4n) is 4.42. The van der Waals surface area contributed by atoms with Gasteiger partial charge in [0.2, 0.25) is 6.79 Å². The topological polar surface area (TPSA) is 99.9 Å². The fraction of sp³-hybridized carbons (Fsp3) is 0.286. The van der Waals surface area contributed by atoms with Gasteiger partial charge in [-0.25, -0.2) is 9.78 Å². The lowest BCUT2D eigenvalue weighted by Crippen LogP contribution is -2.44. The van der Waals surface area contributed by atoms with Gasteiger partial charge in [0.05, 0.1) is 29.0 Å². The predicted molar refractivity (Wildman–Crippen MR) is 101 cm³/mol. The van der Waals surface area contributed by atoms with Gasteiger partial charge in [-0.1, -0.05) is 6.92 Å². The van der Waals surface area contributed by atoms with Crippen LogP contribution in [0.5, 0.6) is 11.5 Å². The summed E-state index contributed by atoms with van der Waals surface area (Å²) in [6, 6.07) is 7.33. The van der Waals surface area contributed by atoms with Gasteiger partial charge in [0, 0.05) is 16.5 Å². The zero-order valence-corrected chi connectivity index (χ0v) is 15.5. The Labute approximate surface area is 164 Å². The van der Waals surface area contributed by atoms with E-state index in [0.717, 1.165) is 16.5 Å². The van der Waals surface area contributed by atoms with Crippen molar-refractivity contribution in [2.24, 2.45) is 0 Å². The van der Waals surface area contributed by atoms with Crippen LogP contribution in [-0.2, 0) is 28.3 Å². The van der Waals surface area contributed by atoms with Crippen molar-refractivity contribution >= 4 is 16.9 Å². The number of pyridine rings is 2. The van der Waals surface area contributed by atoms with Crippen molar-refractivity contribution in [2.45, 2.75) is 32.1 Å². The second kappa shape index (κ2) is 5.36. The minimum atomic E-state index is -1.83. The summed E-state index contributed by atoms with van der Waals surface area (Å²) in [5.41, 5.74) is 1.36. The van der Waals surface area contributed by atoms with Crippen LogP contribution in [0.25, 0.3) is 22.3 Å². The lowest BCUT2D eigenvalue weighted by Gasteiger charge is -2.31. The molecule has 29 heavy (non-hydrogen) atoms. The van der Waals surface area contributed by atoms with E-state index in [1.54, 1.807) is 17.6 Å². The molecule has 3 aliphatic rings. The second-order valence-corrected chi connectivity index (χ2v) is 7.47. The van der Waals surface area contributed by atoms with Gasteiger partial charge in [-0.15, -0.1) is 0 Å². The monoisotopic (exact) mass is 392 g/mol. The first-order valence-corrected chi connectivity index (χ1v) is 9.40. The van der Waals surface area contributed by atoms with Crippen LogP contribution in [-0.4, -0.2) is 27.4 Å². The third kappa shape index (κ3) is 1.99. The fourth-order valence-corrected chi connectivity index (χ4v) is 4.42. The molecule has 2 aromatic heterocycles. The van der Waals surface area contributed by atoms with E-state index in [1.807, 2.05) is 18.2 Å². The Bertz CT molecular complexity index is 1310. The Morgan fingerprint density at radius 1 is 1.21 bits per heavy atom. The molecule has 8 heteroatoms. The summed E-state index contributed by atoms with van der Waals surface area (Å²) in [5, 5.41) is 11.7. The molecule has 8 nitrogen and oxygen atoms in total. The first-order valence-electron chi connectivity index (χ1n) is 9.40. The van der Waals surface area contributed by atoms with Crippen LogP contribution in [0.2, 0.25) is 0 Å². The average molecular weight is 392 g/mol. The number of esters is 1. The normalized spacial score (nSPS) is 21.0. The molecule has 0 saturated carbocycles. The number of cyclic esters (lactones) is 1. The molecule has 0 saturated heterocycles. The summed E-state index contributed by atoms with van der Waals surface area (Å²) in [6.07, 6.45) is 0.114. The van der Waals surface area contributed by atoms with E-state index in [-0.39, 0.29) is 25.4 Å². The minimum absolute atomic E-state index is 0.114. The number of aliphatic hydroxyl groups is 1. The lowest BCUT2D eigenvalue weighted by molar-refractivity contribution is -0.172. The van der Waals surface area contributed by atoms with Gasteiger partial charge in [0.25, 0.3) is 5.56 Å². The smallest absolute Gasteiger partial charge is 0.343 e. The summed E-state index contributed by atoms with van der Waals surface area (Å²) < 4.78 is 17.7. The molecule has 0 fully saturated rings. The Hall–Kier alpha value is -3.39. The van der Waals surface area contributed by atoms with Gasteiger partial charge in [-0.2, -0.15) is 0 Å². The maximum atomic E-state index is 13.2. The molecule has 146 valence electrons. The number of rotatable bonds is 1. The minimum Gasteiger partial charge on any atom is -0.458 e. The molecule has 0 unspecified atom stereocenters. The molecule has 0 amide bonds. The molecule has 1 aromatic carbocycles. The summed E-state index contributed by atoms with van der Waals surface area (Å²) in [7, 11) is 0. The van der Waals surface area contributed by atoms with E-state index in [1.165, 1.54) is 0 Å². The molecule has 3 aliphatic heterocycles. The van der Waals surface area contributed by atoms with E-state index in [4.69, 9.17) is 19.2 Å². The van der Waals surface area contributed by atoms with Crippen molar-refractivity contribution < 1.29 is 24.1 Å². The van der Waals surface area contributed by atoms with Gasteiger partial charge < -0.3 is 23.9 Å². The van der Waals surface area contributed by atoms with Gasteiger partial charge in [0.1, 0.15) is 6.61 Å². The lowest BCUT2D eigenvalue weighted by atomic mass is 9.86. The first-order chi connectivity index (χ1) is 14.0. The summed E-state index contributed by atoms with van der Waals surface area (Å²) in [5.74, 6) is 0.597. The highest BCUT2D eigenvalue weighted by Crippen LogP contribution is 2.43. The molecular formula is C21H16N2O6. The van der Waals surface area contributed by atoms with E-state index in [2.05, 4.69) is 0 Å². The highest BCUT2D eigenvalue weighted by Gasteiger charge is 2.45. The van der Waals surface area contributed by atoms with E-state index in [0.29, 0.717) is 40.6 Å². The number of carbonyl (C=O) groups excluding carboxylic acids is 1. The quantitative estimate of drug-likeness (QED) is 0.493. The molecule has 0 spiro atoms. The van der Waals surface area contributed by atoms with Crippen LogP contribution < -0.4 is 15.0 Å². The molecule has 1 N–H and O–H groups in total. The number of nitrogens with zero attached hydrogens (tertiary/aromatic N) is 2. The molecule has 0 bridgehead atoms. The summed E-state index contributed by atoms with van der Waals surface area (Å²) in [6.45, 7) is 2.06. The number of aromatic nitrogens is 2. The Morgan fingerprint density at radius 3 is 2.90 bits per heavy atom. The molecule has 6 rings (SSSR count). The molecule has 0 aliphatic carbocycles. The molecule has 0 radical (unpaired) electrons. The number of benzene rings is 1. The Morgan fingerprint density at radius 2 is 2.07 bits per heavy atom. The Kier molecular flexibility index (Phi) is 3.06. The molecule has 5 heterocycles. The number of hydrogen-bond acceptors (Lipinski definition) is 7. The number of hydrogen-bond donors (Lipinski definition) is 1. The van der Waals surface area contributed by atoms with Crippen LogP contribution in [0.15, 0.2) is 29.1 Å². The molecule has 3 aromatic rings. The zero-order valence-electron chi connectivity index (χ0n) is 15.5. The van der Waals surface area contributed by atoms with Crippen molar-refractivity contribution in [2.75, 3.05) is 6.79 Å². The zero-order chi connectivity index (χ0) is 19.9. The van der Waals surface area contributed by atoms with Crippen molar-refractivity contribution in [1.82, 2.24) is 9.55 Å². The summed E-state index contributed by atoms with van der Waals surface area (Å²) in [4.78, 5) is 30.1. The van der Waals surface area contributed by atoms with Gasteiger partial charge in [-0.3, -0.25) is 4.79 Å². The first kappa shape index (κ1) is 16.6. The van der Waals surface area contributed by atoms with Gasteiger partial charge in [0.15, 0.2) is 17.1 Å². The van der Waals surface area contributed by atoms with Crippen molar-refractivity contribution in [3.63, 3.8) is 0 Å². The van der Waals surface area contributed by atoms with E-state index >= 15 is 0 Å². The third-order valence-electron chi connectivity index (χ3n) is 6.02. The largest absolute Gasteiger partial charge is 0.458 e. The van der Waals surface area contributed by atoms with E-state index < -0.39 is 11.6 Å².